The van der Waals surface area contributed by atoms with Gasteiger partial charge in [0.1, 0.15) is 5.82 Å². The molecule has 66 valence electrons. The molecule has 0 saturated carbocycles. The zero-order valence-electron chi connectivity index (χ0n) is 6.02. The van der Waals surface area contributed by atoms with Crippen molar-refractivity contribution in [2.75, 3.05) is 11.5 Å². The largest absolute Gasteiger partial charge is 0.397 e. The maximum absolute atomic E-state index is 12.7. The molecule has 0 aliphatic carbocycles. The van der Waals surface area contributed by atoms with E-state index in [0.29, 0.717) is 6.07 Å². The Morgan fingerprint density at radius 1 is 1.17 bits per heavy atom. The van der Waals surface area contributed by atoms with E-state index in [0.717, 1.165) is 6.07 Å². The molecule has 0 radical (unpaired) electrons. The fraction of sp³-hybridized carbons (Fsp3) is 0.143. The van der Waals surface area contributed by atoms with E-state index in [9.17, 15) is 13.2 Å². The number of anilines is 2. The van der Waals surface area contributed by atoms with E-state index in [1.807, 2.05) is 0 Å². The fourth-order valence-corrected chi connectivity index (χ4v) is 0.787. The summed E-state index contributed by atoms with van der Waals surface area (Å²) in [5.41, 5.74) is 9.35. The van der Waals surface area contributed by atoms with E-state index in [1.165, 1.54) is 0 Å². The predicted octanol–water partition coefficient (Wildman–Crippen LogP) is 1.93. The van der Waals surface area contributed by atoms with Crippen LogP contribution in [0.3, 0.4) is 0 Å². The average Bonchev–Trinajstić information content (AvgIpc) is 1.99. The molecule has 4 N–H and O–H groups in total. The number of hydrogen-bond acceptors (Lipinski definition) is 2. The lowest BCUT2D eigenvalue weighted by Gasteiger charge is -2.04. The minimum atomic E-state index is -2.73. The smallest absolute Gasteiger partial charge is 0.264 e. The molecule has 1 aromatic rings. The molecule has 0 aromatic heterocycles. The van der Waals surface area contributed by atoms with Crippen molar-refractivity contribution in [1.82, 2.24) is 0 Å². The zero-order valence-corrected chi connectivity index (χ0v) is 6.02. The summed E-state index contributed by atoms with van der Waals surface area (Å²) in [4.78, 5) is 0. The van der Waals surface area contributed by atoms with Crippen LogP contribution in [0, 0.1) is 5.82 Å². The number of halogens is 3. The van der Waals surface area contributed by atoms with Gasteiger partial charge in [-0.2, -0.15) is 0 Å². The van der Waals surface area contributed by atoms with Gasteiger partial charge in [0.2, 0.25) is 0 Å². The van der Waals surface area contributed by atoms with Crippen LogP contribution in [-0.4, -0.2) is 0 Å². The molecule has 0 spiro atoms. The summed E-state index contributed by atoms with van der Waals surface area (Å²) in [5, 5.41) is 0. The van der Waals surface area contributed by atoms with Crippen LogP contribution < -0.4 is 11.5 Å². The number of nitrogens with two attached hydrogens (primary N) is 2. The van der Waals surface area contributed by atoms with Gasteiger partial charge in [-0.3, -0.25) is 0 Å². The van der Waals surface area contributed by atoms with Gasteiger partial charge in [-0.25, -0.2) is 13.2 Å². The van der Waals surface area contributed by atoms with Crippen LogP contribution in [0.15, 0.2) is 12.1 Å². The van der Waals surface area contributed by atoms with Crippen LogP contribution in [0.4, 0.5) is 24.5 Å². The number of alkyl halides is 2. The van der Waals surface area contributed by atoms with E-state index in [-0.39, 0.29) is 11.4 Å². The standard InChI is InChI=1S/C7H7F3N2/c8-4-1-3(7(9)10)2-5(11)6(4)12/h1-2,7H,11-12H2. The zero-order chi connectivity index (χ0) is 9.30. The van der Waals surface area contributed by atoms with Gasteiger partial charge < -0.3 is 11.5 Å². The highest BCUT2D eigenvalue weighted by Gasteiger charge is 2.11. The Bertz CT molecular complexity index is 276. The number of benzene rings is 1. The summed E-state index contributed by atoms with van der Waals surface area (Å²) in [7, 11) is 0. The molecular weight excluding hydrogens is 169 g/mol. The molecule has 0 aliphatic heterocycles. The number of nitrogen functional groups attached to an aromatic ring is 2. The maximum Gasteiger partial charge on any atom is 0.264 e. The van der Waals surface area contributed by atoms with Crippen molar-refractivity contribution in [2.24, 2.45) is 0 Å². The van der Waals surface area contributed by atoms with Crippen LogP contribution >= 0.6 is 0 Å². The molecule has 0 fully saturated rings. The van der Waals surface area contributed by atoms with Crippen molar-refractivity contribution in [3.63, 3.8) is 0 Å². The first-order valence-corrected chi connectivity index (χ1v) is 3.15. The second kappa shape index (κ2) is 2.92. The van der Waals surface area contributed by atoms with Gasteiger partial charge in [0, 0.05) is 5.56 Å². The SMILES string of the molecule is Nc1cc(C(F)F)cc(F)c1N. The van der Waals surface area contributed by atoms with Crippen LogP contribution in [-0.2, 0) is 0 Å². The lowest BCUT2D eigenvalue weighted by molar-refractivity contribution is 0.151. The Morgan fingerprint density at radius 2 is 1.75 bits per heavy atom. The van der Waals surface area contributed by atoms with Gasteiger partial charge in [0.15, 0.2) is 0 Å². The first-order valence-electron chi connectivity index (χ1n) is 3.15. The highest BCUT2D eigenvalue weighted by Crippen LogP contribution is 2.26. The topological polar surface area (TPSA) is 52.0 Å². The van der Waals surface area contributed by atoms with Gasteiger partial charge in [-0.1, -0.05) is 0 Å². The minimum absolute atomic E-state index is 0.162. The van der Waals surface area contributed by atoms with Crippen LogP contribution in [0.1, 0.15) is 12.0 Å². The molecule has 0 atom stereocenters. The quantitative estimate of drug-likeness (QED) is 0.642. The molecule has 1 rings (SSSR count). The molecular formula is C7H7F3N2. The van der Waals surface area contributed by atoms with Crippen molar-refractivity contribution in [2.45, 2.75) is 6.43 Å². The van der Waals surface area contributed by atoms with Gasteiger partial charge in [-0.15, -0.1) is 0 Å². The molecule has 1 aromatic carbocycles. The Kier molecular flexibility index (Phi) is 2.12. The Balaban J connectivity index is 3.21. The molecule has 12 heavy (non-hydrogen) atoms. The fourth-order valence-electron chi connectivity index (χ4n) is 0.787. The molecule has 2 nitrogen and oxygen atoms in total. The van der Waals surface area contributed by atoms with Gasteiger partial charge in [-0.05, 0) is 12.1 Å². The van der Waals surface area contributed by atoms with E-state index in [1.54, 1.807) is 0 Å². The third-order valence-electron chi connectivity index (χ3n) is 1.44. The molecule has 0 heterocycles. The lowest BCUT2D eigenvalue weighted by Crippen LogP contribution is -2.00. The summed E-state index contributed by atoms with van der Waals surface area (Å²) in [5.74, 6) is -0.912. The highest BCUT2D eigenvalue weighted by molar-refractivity contribution is 5.64. The average molecular weight is 176 g/mol. The van der Waals surface area contributed by atoms with Crippen LogP contribution in [0.2, 0.25) is 0 Å². The van der Waals surface area contributed by atoms with Crippen molar-refractivity contribution >= 4 is 11.4 Å². The van der Waals surface area contributed by atoms with Crippen molar-refractivity contribution in [1.29, 1.82) is 0 Å². The highest BCUT2D eigenvalue weighted by atomic mass is 19.3. The molecule has 0 unspecified atom stereocenters. The summed E-state index contributed by atoms with van der Waals surface area (Å²) < 4.78 is 36.7. The Hall–Kier alpha value is -1.39. The van der Waals surface area contributed by atoms with Crippen LogP contribution in [0.5, 0.6) is 0 Å². The van der Waals surface area contributed by atoms with Crippen LogP contribution in [0.25, 0.3) is 0 Å². The van der Waals surface area contributed by atoms with E-state index in [2.05, 4.69) is 0 Å². The molecule has 0 bridgehead atoms. The predicted molar refractivity (Wildman–Crippen MR) is 40.2 cm³/mol. The molecule has 0 saturated heterocycles. The number of hydrogen-bond donors (Lipinski definition) is 2. The third kappa shape index (κ3) is 1.44. The summed E-state index contributed by atoms with van der Waals surface area (Å²) >= 11 is 0. The molecule has 0 aliphatic rings. The maximum atomic E-state index is 12.7. The van der Waals surface area contributed by atoms with Gasteiger partial charge in [0.25, 0.3) is 6.43 Å². The lowest BCUT2D eigenvalue weighted by atomic mass is 10.2. The Morgan fingerprint density at radius 3 is 2.17 bits per heavy atom. The second-order valence-corrected chi connectivity index (χ2v) is 2.31. The summed E-state index contributed by atoms with van der Waals surface area (Å²) in [6, 6.07) is 1.64. The van der Waals surface area contributed by atoms with E-state index in [4.69, 9.17) is 11.5 Å². The third-order valence-corrected chi connectivity index (χ3v) is 1.44. The first-order chi connectivity index (χ1) is 5.52. The summed E-state index contributed by atoms with van der Waals surface area (Å²) in [6.07, 6.45) is -2.73. The van der Waals surface area contributed by atoms with E-state index < -0.39 is 17.8 Å². The Labute approximate surface area is 67.0 Å². The van der Waals surface area contributed by atoms with Crippen molar-refractivity contribution in [3.8, 4) is 0 Å². The first kappa shape index (κ1) is 8.70. The van der Waals surface area contributed by atoms with Gasteiger partial charge in [0.05, 0.1) is 11.4 Å². The van der Waals surface area contributed by atoms with Crippen molar-refractivity contribution < 1.29 is 13.2 Å². The minimum Gasteiger partial charge on any atom is -0.397 e. The molecule has 0 amide bonds. The normalized spacial score (nSPS) is 10.7. The van der Waals surface area contributed by atoms with E-state index >= 15 is 0 Å². The summed E-state index contributed by atoms with van der Waals surface area (Å²) in [6.45, 7) is 0. The monoisotopic (exact) mass is 176 g/mol. The van der Waals surface area contributed by atoms with Gasteiger partial charge >= 0.3 is 0 Å². The second-order valence-electron chi connectivity index (χ2n) is 2.31. The van der Waals surface area contributed by atoms with Crippen molar-refractivity contribution in [3.05, 3.63) is 23.5 Å². The number of rotatable bonds is 1. The molecule has 5 heteroatoms.